The van der Waals surface area contributed by atoms with Crippen molar-refractivity contribution in [1.29, 1.82) is 0 Å². The lowest BCUT2D eigenvalue weighted by Crippen LogP contribution is -2.04. The van der Waals surface area contributed by atoms with Crippen LogP contribution in [0.15, 0.2) is 71.5 Å². The summed E-state index contributed by atoms with van der Waals surface area (Å²) < 4.78 is 0. The number of aromatic hydroxyl groups is 1. The quantitative estimate of drug-likeness (QED) is 0.317. The number of H-pyrrole nitrogens is 1. The average molecular weight is 402 g/mol. The van der Waals surface area contributed by atoms with Gasteiger partial charge in [-0.05, 0) is 41.8 Å². The lowest BCUT2D eigenvalue weighted by molar-refractivity contribution is 0.479. The Labute approximate surface area is 167 Å². The normalized spacial score (nSPS) is 10.3. The van der Waals surface area contributed by atoms with Crippen LogP contribution in [0.3, 0.4) is 0 Å². The minimum Gasteiger partial charge on any atom is -0.506 e. The number of rotatable bonds is 2. The van der Waals surface area contributed by atoms with E-state index in [4.69, 9.17) is 0 Å². The summed E-state index contributed by atoms with van der Waals surface area (Å²) in [5.41, 5.74) is 2.39. The van der Waals surface area contributed by atoms with Gasteiger partial charge in [0.2, 0.25) is 0 Å². The molecule has 0 fully saturated rings. The molecule has 0 radical (unpaired) electrons. The Kier molecular flexibility index (Phi) is 8.47. The van der Waals surface area contributed by atoms with Crippen LogP contribution in [0, 0.1) is 6.92 Å². The molecule has 3 nitrogen and oxygen atoms in total. The van der Waals surface area contributed by atoms with Crippen molar-refractivity contribution in [2.45, 2.75) is 17.6 Å². The summed E-state index contributed by atoms with van der Waals surface area (Å²) in [6.45, 7) is 8.09. The second-order valence-corrected chi connectivity index (χ2v) is 9.47. The predicted octanol–water partition coefficient (Wildman–Crippen LogP) is 5.12. The molecule has 0 aliphatic rings. The van der Waals surface area contributed by atoms with Crippen LogP contribution in [0.4, 0.5) is 0 Å². The van der Waals surface area contributed by atoms with E-state index in [0.29, 0.717) is 10.8 Å². The third kappa shape index (κ3) is 6.38. The van der Waals surface area contributed by atoms with Crippen molar-refractivity contribution >= 4 is 44.3 Å². The van der Waals surface area contributed by atoms with Crippen molar-refractivity contribution < 1.29 is 5.11 Å². The number of pyridine rings is 1. The second-order valence-electron chi connectivity index (χ2n) is 6.13. The molecule has 0 saturated carbocycles. The molecule has 0 aliphatic heterocycles. The van der Waals surface area contributed by atoms with Gasteiger partial charge in [0.15, 0.2) is 0 Å². The Bertz CT molecular complexity index is 1070. The SMILES string of the molecule is C=C.C=S(=C)(C)c1ccc2c(O)c[nH]c(=O)c2c1.Cc1cccc(CS)c1. The first-order valence-electron chi connectivity index (χ1n) is 8.17. The molecule has 3 rings (SSSR count). The Balaban J connectivity index is 0.000000282. The van der Waals surface area contributed by atoms with E-state index >= 15 is 0 Å². The van der Waals surface area contributed by atoms with Gasteiger partial charge in [-0.15, -0.1) is 13.2 Å². The monoisotopic (exact) mass is 401 g/mol. The number of thiol groups is 1. The van der Waals surface area contributed by atoms with Crippen molar-refractivity contribution in [2.24, 2.45) is 0 Å². The van der Waals surface area contributed by atoms with Crippen LogP contribution in [0.25, 0.3) is 10.8 Å². The summed E-state index contributed by atoms with van der Waals surface area (Å²) in [6.07, 6.45) is 3.25. The Morgan fingerprint density at radius 1 is 1.11 bits per heavy atom. The largest absolute Gasteiger partial charge is 0.506 e. The third-order valence-electron chi connectivity index (χ3n) is 3.69. The minimum atomic E-state index is -1.36. The molecule has 0 spiro atoms. The van der Waals surface area contributed by atoms with Gasteiger partial charge in [-0.3, -0.25) is 4.79 Å². The highest BCUT2D eigenvalue weighted by molar-refractivity contribution is 8.27. The predicted molar refractivity (Wildman–Crippen MR) is 127 cm³/mol. The first-order chi connectivity index (χ1) is 12.7. The summed E-state index contributed by atoms with van der Waals surface area (Å²) in [7, 11) is -1.36. The Hall–Kier alpha value is -2.37. The molecule has 0 atom stereocenters. The van der Waals surface area contributed by atoms with Gasteiger partial charge >= 0.3 is 0 Å². The first kappa shape index (κ1) is 22.7. The zero-order valence-electron chi connectivity index (χ0n) is 15.9. The maximum atomic E-state index is 11.6. The van der Waals surface area contributed by atoms with Gasteiger partial charge in [0, 0.05) is 17.3 Å². The topological polar surface area (TPSA) is 53.1 Å². The van der Waals surface area contributed by atoms with Gasteiger partial charge in [-0.1, -0.05) is 41.6 Å². The highest BCUT2D eigenvalue weighted by Gasteiger charge is 2.05. The second kappa shape index (κ2) is 10.1. The van der Waals surface area contributed by atoms with Gasteiger partial charge in [0.1, 0.15) is 5.75 Å². The summed E-state index contributed by atoms with van der Waals surface area (Å²) in [5, 5.41) is 10.6. The molecule has 0 aliphatic carbocycles. The van der Waals surface area contributed by atoms with Gasteiger partial charge < -0.3 is 10.1 Å². The molecule has 0 saturated heterocycles. The zero-order chi connectivity index (χ0) is 20.6. The number of nitrogens with one attached hydrogen (secondary N) is 1. The van der Waals surface area contributed by atoms with E-state index in [-0.39, 0.29) is 11.3 Å². The molecule has 5 heteroatoms. The highest BCUT2D eigenvalue weighted by atomic mass is 32.2. The van der Waals surface area contributed by atoms with Crippen LogP contribution in [-0.4, -0.2) is 28.1 Å². The summed E-state index contributed by atoms with van der Waals surface area (Å²) in [4.78, 5) is 15.0. The van der Waals surface area contributed by atoms with E-state index in [2.05, 4.69) is 73.7 Å². The molecule has 27 heavy (non-hydrogen) atoms. The highest BCUT2D eigenvalue weighted by Crippen LogP contribution is 2.31. The minimum absolute atomic E-state index is 0.0750. The first-order valence-corrected chi connectivity index (χ1v) is 11.2. The van der Waals surface area contributed by atoms with E-state index in [0.717, 1.165) is 10.6 Å². The molecule has 1 aromatic heterocycles. The van der Waals surface area contributed by atoms with Crippen LogP contribution in [0.1, 0.15) is 11.1 Å². The molecule has 2 N–H and O–H groups in total. The molecule has 144 valence electrons. The van der Waals surface area contributed by atoms with E-state index < -0.39 is 9.21 Å². The van der Waals surface area contributed by atoms with Gasteiger partial charge in [-0.2, -0.15) is 21.8 Å². The van der Waals surface area contributed by atoms with Gasteiger partial charge in [-0.25, -0.2) is 0 Å². The zero-order valence-corrected chi connectivity index (χ0v) is 17.6. The van der Waals surface area contributed by atoms with Crippen molar-refractivity contribution in [3.05, 3.63) is 83.3 Å². The van der Waals surface area contributed by atoms with Crippen LogP contribution < -0.4 is 5.56 Å². The smallest absolute Gasteiger partial charge is 0.256 e. The van der Waals surface area contributed by atoms with Crippen molar-refractivity contribution in [3.8, 4) is 5.75 Å². The molecule has 3 aromatic rings. The summed E-state index contributed by atoms with van der Waals surface area (Å²) in [5.74, 6) is 8.90. The summed E-state index contributed by atoms with van der Waals surface area (Å²) >= 11 is 4.16. The Morgan fingerprint density at radius 3 is 2.30 bits per heavy atom. The molecule has 2 aromatic carbocycles. The number of hydrogen-bond acceptors (Lipinski definition) is 3. The van der Waals surface area contributed by atoms with Crippen LogP contribution >= 0.6 is 21.8 Å². The van der Waals surface area contributed by atoms with E-state index in [1.165, 1.54) is 17.3 Å². The fourth-order valence-electron chi connectivity index (χ4n) is 2.34. The maximum Gasteiger partial charge on any atom is 0.256 e. The van der Waals surface area contributed by atoms with E-state index in [9.17, 15) is 9.90 Å². The number of aryl methyl sites for hydroxylation is 1. The average Bonchev–Trinajstić information content (AvgIpc) is 2.66. The molecular weight excluding hydrogens is 374 g/mol. The summed E-state index contributed by atoms with van der Waals surface area (Å²) in [6, 6.07) is 13.7. The van der Waals surface area contributed by atoms with Crippen LogP contribution in [0.2, 0.25) is 0 Å². The maximum absolute atomic E-state index is 11.6. The van der Waals surface area contributed by atoms with E-state index in [1.54, 1.807) is 12.1 Å². The lowest BCUT2D eigenvalue weighted by atomic mass is 10.1. The molecule has 0 bridgehead atoms. The number of benzene rings is 2. The fraction of sp³-hybridized carbons (Fsp3) is 0.136. The number of fused-ring (bicyclic) bond motifs is 1. The molecule has 0 amide bonds. The molecular formula is C22H27NO2S2. The van der Waals surface area contributed by atoms with Crippen molar-refractivity contribution in [1.82, 2.24) is 4.98 Å². The molecule has 1 heterocycles. The standard InChI is InChI=1S/C12H13NO2S.C8H10S.C2H4/c1-16(2,3)8-4-5-9-10(6-8)12(15)13-7-11(9)14;1-7-3-2-4-8(5-7)6-9;1-2/h4-7,14H,1-2H2,3H3,(H,13,15);2-5,9H,6H2,1H3;1-2H2. The van der Waals surface area contributed by atoms with Gasteiger partial charge in [0.25, 0.3) is 5.56 Å². The van der Waals surface area contributed by atoms with Gasteiger partial charge in [0.05, 0.1) is 5.39 Å². The van der Waals surface area contributed by atoms with Crippen LogP contribution in [0.5, 0.6) is 5.75 Å². The Morgan fingerprint density at radius 2 is 1.78 bits per heavy atom. The van der Waals surface area contributed by atoms with Crippen LogP contribution in [-0.2, 0) is 5.75 Å². The van der Waals surface area contributed by atoms with Crippen molar-refractivity contribution in [2.75, 3.05) is 6.26 Å². The molecule has 0 unspecified atom stereocenters. The number of aromatic amines is 1. The lowest BCUT2D eigenvalue weighted by Gasteiger charge is -2.09. The van der Waals surface area contributed by atoms with Crippen molar-refractivity contribution in [3.63, 3.8) is 0 Å². The third-order valence-corrected chi connectivity index (χ3v) is 5.44. The number of aromatic nitrogens is 1. The fourth-order valence-corrected chi connectivity index (χ4v) is 3.34. The number of hydrogen-bond donors (Lipinski definition) is 3. The van der Waals surface area contributed by atoms with E-state index in [1.807, 2.05) is 12.3 Å².